The third kappa shape index (κ3) is 6.10. The first-order valence-corrected chi connectivity index (χ1v) is 9.12. The molecule has 1 aromatic rings. The van der Waals surface area contributed by atoms with E-state index in [1.165, 1.54) is 5.56 Å². The number of amides is 1. The Morgan fingerprint density at radius 3 is 2.58 bits per heavy atom. The zero-order chi connectivity index (χ0) is 16.9. The van der Waals surface area contributed by atoms with E-state index in [2.05, 4.69) is 34.3 Å². The van der Waals surface area contributed by atoms with Crippen molar-refractivity contribution >= 4 is 30.7 Å². The number of nitrogens with zero attached hydrogens (tertiary/aromatic N) is 3. The Labute approximate surface area is 169 Å². The maximum atomic E-state index is 12.8. The van der Waals surface area contributed by atoms with E-state index in [9.17, 15) is 4.79 Å². The number of hydrogen-bond acceptors (Lipinski definition) is 4. The summed E-state index contributed by atoms with van der Waals surface area (Å²) in [6.07, 6.45) is 2.24. The van der Waals surface area contributed by atoms with Gasteiger partial charge in [0.1, 0.15) is 0 Å². The van der Waals surface area contributed by atoms with Gasteiger partial charge in [-0.15, -0.1) is 24.8 Å². The van der Waals surface area contributed by atoms with Crippen molar-refractivity contribution in [3.63, 3.8) is 0 Å². The lowest BCUT2D eigenvalue weighted by atomic mass is 10.0. The molecule has 1 N–H and O–H groups in total. The number of likely N-dealkylation sites (tertiary alicyclic amines) is 1. The summed E-state index contributed by atoms with van der Waals surface area (Å²) in [5.41, 5.74) is 2.07. The predicted octanol–water partition coefficient (Wildman–Crippen LogP) is 2.10. The van der Waals surface area contributed by atoms with E-state index in [1.807, 2.05) is 24.1 Å². The van der Waals surface area contributed by atoms with E-state index >= 15 is 0 Å². The average Bonchev–Trinajstić information content (AvgIpc) is 2.63. The van der Waals surface area contributed by atoms with Crippen molar-refractivity contribution in [2.45, 2.75) is 25.4 Å². The second-order valence-corrected chi connectivity index (χ2v) is 7.16. The monoisotopic (exact) mass is 402 g/mol. The van der Waals surface area contributed by atoms with Crippen LogP contribution in [0.2, 0.25) is 0 Å². The Kier molecular flexibility index (Phi) is 9.90. The van der Waals surface area contributed by atoms with Crippen molar-refractivity contribution in [2.24, 2.45) is 0 Å². The molecule has 2 aliphatic heterocycles. The van der Waals surface area contributed by atoms with Gasteiger partial charge in [0.05, 0.1) is 0 Å². The van der Waals surface area contributed by atoms with E-state index in [1.54, 1.807) is 0 Å². The molecule has 148 valence electrons. The molecular weight excluding hydrogens is 371 g/mol. The van der Waals surface area contributed by atoms with Crippen molar-refractivity contribution in [2.75, 3.05) is 53.4 Å². The van der Waals surface area contributed by atoms with Gasteiger partial charge in [0.2, 0.25) is 0 Å². The van der Waals surface area contributed by atoms with E-state index in [0.29, 0.717) is 6.04 Å². The standard InChI is InChI=1S/C19H30N4O.2ClH/c1-20-18-7-4-8-23(15-18)19(24)17-6-3-5-16(13-17)14-22-11-9-21(2)10-12-22;;/h3,5-6,13,18,20H,4,7-12,14-15H2,1-2H3;2*1H. The highest BCUT2D eigenvalue weighted by Crippen LogP contribution is 2.16. The summed E-state index contributed by atoms with van der Waals surface area (Å²) in [5.74, 6) is 0.176. The van der Waals surface area contributed by atoms with Crippen molar-refractivity contribution in [3.8, 4) is 0 Å². The molecule has 1 atom stereocenters. The fourth-order valence-corrected chi connectivity index (χ4v) is 3.65. The molecule has 0 radical (unpaired) electrons. The minimum atomic E-state index is 0. The Morgan fingerprint density at radius 2 is 1.88 bits per heavy atom. The molecule has 1 unspecified atom stereocenters. The highest BCUT2D eigenvalue weighted by molar-refractivity contribution is 5.94. The number of piperazine rings is 1. The van der Waals surface area contributed by atoms with E-state index in [4.69, 9.17) is 0 Å². The van der Waals surface area contributed by atoms with Gasteiger partial charge >= 0.3 is 0 Å². The van der Waals surface area contributed by atoms with Crippen LogP contribution in [0, 0.1) is 0 Å². The fraction of sp³-hybridized carbons (Fsp3) is 0.632. The summed E-state index contributed by atoms with van der Waals surface area (Å²) in [6.45, 7) is 7.08. The van der Waals surface area contributed by atoms with Crippen molar-refractivity contribution < 1.29 is 4.79 Å². The highest BCUT2D eigenvalue weighted by Gasteiger charge is 2.23. The van der Waals surface area contributed by atoms with Crippen molar-refractivity contribution in [1.29, 1.82) is 0 Å². The third-order valence-electron chi connectivity index (χ3n) is 5.29. The summed E-state index contributed by atoms with van der Waals surface area (Å²) in [4.78, 5) is 19.7. The van der Waals surface area contributed by atoms with E-state index < -0.39 is 0 Å². The molecule has 0 aliphatic carbocycles. The zero-order valence-electron chi connectivity index (χ0n) is 15.8. The summed E-state index contributed by atoms with van der Waals surface area (Å²) in [6, 6.07) is 8.64. The smallest absolute Gasteiger partial charge is 0.253 e. The Bertz CT molecular complexity index is 564. The fourth-order valence-electron chi connectivity index (χ4n) is 3.65. The van der Waals surface area contributed by atoms with Gasteiger partial charge in [-0.1, -0.05) is 12.1 Å². The molecule has 1 aromatic carbocycles. The van der Waals surface area contributed by atoms with Gasteiger partial charge < -0.3 is 15.1 Å². The van der Waals surface area contributed by atoms with Crippen LogP contribution in [-0.2, 0) is 6.54 Å². The summed E-state index contributed by atoms with van der Waals surface area (Å²) in [5, 5.41) is 3.30. The van der Waals surface area contributed by atoms with E-state index in [0.717, 1.165) is 64.2 Å². The van der Waals surface area contributed by atoms with Gasteiger partial charge in [-0.05, 0) is 44.6 Å². The minimum Gasteiger partial charge on any atom is -0.337 e. The van der Waals surface area contributed by atoms with Gasteiger partial charge in [0.15, 0.2) is 0 Å². The summed E-state index contributed by atoms with van der Waals surface area (Å²) < 4.78 is 0. The van der Waals surface area contributed by atoms with Gasteiger partial charge in [0, 0.05) is 57.4 Å². The Morgan fingerprint density at radius 1 is 1.15 bits per heavy atom. The van der Waals surface area contributed by atoms with Crippen LogP contribution in [0.5, 0.6) is 0 Å². The number of likely N-dealkylation sites (N-methyl/N-ethyl adjacent to an activating group) is 2. The molecule has 3 rings (SSSR count). The number of benzene rings is 1. The molecule has 7 heteroatoms. The van der Waals surface area contributed by atoms with Crippen LogP contribution >= 0.6 is 24.8 Å². The minimum absolute atomic E-state index is 0. The number of nitrogens with one attached hydrogen (secondary N) is 1. The van der Waals surface area contributed by atoms with Crippen molar-refractivity contribution in [1.82, 2.24) is 20.0 Å². The molecule has 0 bridgehead atoms. The lowest BCUT2D eigenvalue weighted by Gasteiger charge is -2.33. The number of rotatable bonds is 4. The lowest BCUT2D eigenvalue weighted by Crippen LogP contribution is -2.47. The van der Waals surface area contributed by atoms with Crippen LogP contribution in [0.4, 0.5) is 0 Å². The molecule has 0 saturated carbocycles. The molecule has 0 spiro atoms. The zero-order valence-corrected chi connectivity index (χ0v) is 17.5. The molecule has 0 aromatic heterocycles. The van der Waals surface area contributed by atoms with Gasteiger partial charge in [0.25, 0.3) is 5.91 Å². The van der Waals surface area contributed by atoms with Crippen LogP contribution in [0.3, 0.4) is 0 Å². The van der Waals surface area contributed by atoms with Gasteiger partial charge in [-0.25, -0.2) is 0 Å². The predicted molar refractivity (Wildman–Crippen MR) is 112 cm³/mol. The van der Waals surface area contributed by atoms with Crippen LogP contribution in [0.1, 0.15) is 28.8 Å². The molecule has 5 nitrogen and oxygen atoms in total. The molecule has 2 aliphatic rings. The molecule has 1 amide bonds. The Balaban J connectivity index is 0.00000169. The highest BCUT2D eigenvalue weighted by atomic mass is 35.5. The van der Waals surface area contributed by atoms with Crippen LogP contribution in [0.15, 0.2) is 24.3 Å². The normalized spacial score (nSPS) is 21.6. The van der Waals surface area contributed by atoms with E-state index in [-0.39, 0.29) is 30.7 Å². The first-order valence-electron chi connectivity index (χ1n) is 9.12. The molecule has 2 saturated heterocycles. The quantitative estimate of drug-likeness (QED) is 0.836. The number of hydrogen-bond donors (Lipinski definition) is 1. The first-order chi connectivity index (χ1) is 11.7. The number of halogens is 2. The van der Waals surface area contributed by atoms with Crippen LogP contribution < -0.4 is 5.32 Å². The number of piperidine rings is 1. The molecule has 2 fully saturated rings. The average molecular weight is 403 g/mol. The lowest BCUT2D eigenvalue weighted by molar-refractivity contribution is 0.0698. The second kappa shape index (κ2) is 11.1. The van der Waals surface area contributed by atoms with Crippen molar-refractivity contribution in [3.05, 3.63) is 35.4 Å². The second-order valence-electron chi connectivity index (χ2n) is 7.16. The number of carbonyl (C=O) groups excluding carboxylic acids is 1. The first kappa shape index (κ1) is 23.2. The summed E-state index contributed by atoms with van der Waals surface area (Å²) >= 11 is 0. The van der Waals surface area contributed by atoms with Crippen LogP contribution in [-0.4, -0.2) is 80.0 Å². The number of carbonyl (C=O) groups is 1. The van der Waals surface area contributed by atoms with Crippen LogP contribution in [0.25, 0.3) is 0 Å². The molecule has 2 heterocycles. The summed E-state index contributed by atoms with van der Waals surface area (Å²) in [7, 11) is 4.16. The molecular formula is C19H32Cl2N4O. The maximum Gasteiger partial charge on any atom is 0.253 e. The SMILES string of the molecule is CNC1CCCN(C(=O)c2cccc(CN3CCN(C)CC3)c2)C1.Cl.Cl. The third-order valence-corrected chi connectivity index (χ3v) is 5.29. The maximum absolute atomic E-state index is 12.8. The largest absolute Gasteiger partial charge is 0.337 e. The van der Waals surface area contributed by atoms with Gasteiger partial charge in [-0.3, -0.25) is 9.69 Å². The topological polar surface area (TPSA) is 38.8 Å². The Hall–Kier alpha value is -0.850. The van der Waals surface area contributed by atoms with Gasteiger partial charge in [-0.2, -0.15) is 0 Å². The molecule has 26 heavy (non-hydrogen) atoms.